The molecule has 3 heterocycles. The molecule has 2 bridgehead atoms. The van der Waals surface area contributed by atoms with E-state index in [1.807, 2.05) is 0 Å². The standard InChI is InChI=1S/C9H15F3N2/c10-9(11,12)8(13)7-5-14-3-1-6(7)2-4-14/h6-8H,1-5,13H2. The van der Waals surface area contributed by atoms with E-state index < -0.39 is 12.2 Å². The highest BCUT2D eigenvalue weighted by Crippen LogP contribution is 2.38. The largest absolute Gasteiger partial charge is 0.403 e. The summed E-state index contributed by atoms with van der Waals surface area (Å²) in [4.78, 5) is 2.09. The average molecular weight is 208 g/mol. The van der Waals surface area contributed by atoms with Crippen LogP contribution in [0.4, 0.5) is 13.2 Å². The molecule has 0 aliphatic carbocycles. The van der Waals surface area contributed by atoms with Crippen molar-refractivity contribution in [2.75, 3.05) is 19.6 Å². The predicted molar refractivity (Wildman–Crippen MR) is 46.7 cm³/mol. The van der Waals surface area contributed by atoms with Gasteiger partial charge in [-0.1, -0.05) is 0 Å². The first kappa shape index (κ1) is 10.2. The minimum atomic E-state index is -4.23. The summed E-state index contributed by atoms with van der Waals surface area (Å²) in [5.74, 6) is -0.186. The van der Waals surface area contributed by atoms with Gasteiger partial charge >= 0.3 is 6.18 Å². The van der Waals surface area contributed by atoms with Crippen molar-refractivity contribution in [3.63, 3.8) is 0 Å². The third-order valence-corrected chi connectivity index (χ3v) is 3.55. The van der Waals surface area contributed by atoms with E-state index in [-0.39, 0.29) is 11.8 Å². The third kappa shape index (κ3) is 1.75. The second-order valence-electron chi connectivity index (χ2n) is 4.37. The number of nitrogens with zero attached hydrogens (tertiary/aromatic N) is 1. The van der Waals surface area contributed by atoms with Gasteiger partial charge in [0.25, 0.3) is 0 Å². The van der Waals surface area contributed by atoms with Crippen molar-refractivity contribution in [2.45, 2.75) is 25.1 Å². The smallest absolute Gasteiger partial charge is 0.320 e. The fraction of sp³-hybridized carbons (Fsp3) is 1.00. The van der Waals surface area contributed by atoms with Gasteiger partial charge in [-0.15, -0.1) is 0 Å². The van der Waals surface area contributed by atoms with Gasteiger partial charge in [-0.2, -0.15) is 13.2 Å². The van der Waals surface area contributed by atoms with Crippen LogP contribution in [0, 0.1) is 11.8 Å². The van der Waals surface area contributed by atoms with E-state index in [2.05, 4.69) is 4.90 Å². The van der Waals surface area contributed by atoms with E-state index in [0.29, 0.717) is 6.54 Å². The molecule has 3 fully saturated rings. The summed E-state index contributed by atoms with van der Waals surface area (Å²) in [6.45, 7) is 2.43. The molecule has 5 heteroatoms. The average Bonchev–Trinajstić information content (AvgIpc) is 2.17. The Bertz CT molecular complexity index is 209. The van der Waals surface area contributed by atoms with Crippen LogP contribution in [0.1, 0.15) is 12.8 Å². The quantitative estimate of drug-likeness (QED) is 0.702. The zero-order valence-electron chi connectivity index (χ0n) is 7.93. The SMILES string of the molecule is NC(C1CN2CCC1CC2)C(F)(F)F. The molecule has 2 N–H and O–H groups in total. The summed E-state index contributed by atoms with van der Waals surface area (Å²) in [5, 5.41) is 0. The van der Waals surface area contributed by atoms with Crippen LogP contribution in [0.3, 0.4) is 0 Å². The van der Waals surface area contributed by atoms with Crippen molar-refractivity contribution >= 4 is 0 Å². The van der Waals surface area contributed by atoms with Crippen LogP contribution < -0.4 is 5.73 Å². The van der Waals surface area contributed by atoms with Gasteiger partial charge in [0.1, 0.15) is 6.04 Å². The monoisotopic (exact) mass is 208 g/mol. The van der Waals surface area contributed by atoms with Crippen LogP contribution >= 0.6 is 0 Å². The van der Waals surface area contributed by atoms with Crippen molar-refractivity contribution < 1.29 is 13.2 Å². The summed E-state index contributed by atoms with van der Waals surface area (Å²) in [6, 6.07) is -1.63. The number of fused-ring (bicyclic) bond motifs is 3. The minimum Gasteiger partial charge on any atom is -0.320 e. The Morgan fingerprint density at radius 3 is 2.14 bits per heavy atom. The van der Waals surface area contributed by atoms with E-state index in [0.717, 1.165) is 25.9 Å². The minimum absolute atomic E-state index is 0.191. The van der Waals surface area contributed by atoms with Gasteiger partial charge in [0.2, 0.25) is 0 Å². The number of hydrogen-bond acceptors (Lipinski definition) is 2. The molecule has 0 radical (unpaired) electrons. The topological polar surface area (TPSA) is 29.3 Å². The first-order chi connectivity index (χ1) is 6.48. The molecule has 0 spiro atoms. The second kappa shape index (κ2) is 3.38. The lowest BCUT2D eigenvalue weighted by Gasteiger charge is -2.47. The van der Waals surface area contributed by atoms with Crippen LogP contribution in [0.2, 0.25) is 0 Å². The lowest BCUT2D eigenvalue weighted by Crippen LogP contribution is -2.57. The molecule has 0 aromatic heterocycles. The third-order valence-electron chi connectivity index (χ3n) is 3.55. The van der Waals surface area contributed by atoms with E-state index >= 15 is 0 Å². The molecule has 3 aliphatic heterocycles. The van der Waals surface area contributed by atoms with Gasteiger partial charge < -0.3 is 10.6 Å². The predicted octanol–water partition coefficient (Wildman–Crippen LogP) is 1.22. The van der Waals surface area contributed by atoms with Crippen LogP contribution in [0.15, 0.2) is 0 Å². The Kier molecular flexibility index (Phi) is 2.47. The molecule has 2 unspecified atom stereocenters. The van der Waals surface area contributed by atoms with E-state index in [1.165, 1.54) is 0 Å². The molecule has 3 rings (SSSR count). The number of alkyl halides is 3. The van der Waals surface area contributed by atoms with Crippen molar-refractivity contribution in [1.82, 2.24) is 4.90 Å². The first-order valence-corrected chi connectivity index (χ1v) is 5.03. The van der Waals surface area contributed by atoms with Gasteiger partial charge in [0, 0.05) is 6.54 Å². The van der Waals surface area contributed by atoms with Crippen LogP contribution in [-0.4, -0.2) is 36.8 Å². The molecule has 0 aromatic rings. The maximum absolute atomic E-state index is 12.4. The zero-order chi connectivity index (χ0) is 10.3. The number of nitrogens with two attached hydrogens (primary N) is 1. The number of rotatable bonds is 1. The second-order valence-corrected chi connectivity index (χ2v) is 4.37. The fourth-order valence-corrected chi connectivity index (χ4v) is 2.66. The van der Waals surface area contributed by atoms with E-state index in [1.54, 1.807) is 0 Å². The first-order valence-electron chi connectivity index (χ1n) is 5.03. The Balaban J connectivity index is 2.05. The molecule has 2 nitrogen and oxygen atoms in total. The van der Waals surface area contributed by atoms with Crippen molar-refractivity contribution in [3.05, 3.63) is 0 Å². The van der Waals surface area contributed by atoms with Crippen molar-refractivity contribution in [1.29, 1.82) is 0 Å². The molecule has 2 atom stereocenters. The van der Waals surface area contributed by atoms with Gasteiger partial charge in [-0.25, -0.2) is 0 Å². The number of halogens is 3. The highest BCUT2D eigenvalue weighted by atomic mass is 19.4. The van der Waals surface area contributed by atoms with Crippen molar-refractivity contribution in [2.24, 2.45) is 17.6 Å². The van der Waals surface area contributed by atoms with Crippen molar-refractivity contribution in [3.8, 4) is 0 Å². The zero-order valence-corrected chi connectivity index (χ0v) is 7.93. The van der Waals surface area contributed by atoms with Crippen LogP contribution in [0.25, 0.3) is 0 Å². The molecule has 82 valence electrons. The molecular formula is C9H15F3N2. The Labute approximate surface area is 81.2 Å². The lowest BCUT2D eigenvalue weighted by atomic mass is 9.75. The summed E-state index contributed by atoms with van der Waals surface area (Å²) >= 11 is 0. The van der Waals surface area contributed by atoms with Gasteiger partial charge in [-0.05, 0) is 37.8 Å². The molecule has 3 aliphatic rings. The summed E-state index contributed by atoms with van der Waals surface area (Å²) < 4.78 is 37.2. The maximum Gasteiger partial charge on any atom is 0.403 e. The van der Waals surface area contributed by atoms with Gasteiger partial charge in [0.05, 0.1) is 0 Å². The molecule has 0 saturated carbocycles. The van der Waals surface area contributed by atoms with Gasteiger partial charge in [-0.3, -0.25) is 0 Å². The van der Waals surface area contributed by atoms with Crippen LogP contribution in [-0.2, 0) is 0 Å². The maximum atomic E-state index is 12.4. The highest BCUT2D eigenvalue weighted by molar-refractivity contribution is 4.93. The number of hydrogen-bond donors (Lipinski definition) is 1. The van der Waals surface area contributed by atoms with Crippen LogP contribution in [0.5, 0.6) is 0 Å². The molecule has 3 saturated heterocycles. The summed E-state index contributed by atoms with van der Waals surface area (Å²) in [7, 11) is 0. The Morgan fingerprint density at radius 2 is 1.79 bits per heavy atom. The molecule has 0 amide bonds. The fourth-order valence-electron chi connectivity index (χ4n) is 2.66. The summed E-state index contributed by atoms with van der Waals surface area (Å²) in [5.41, 5.74) is 5.26. The number of piperidine rings is 3. The summed E-state index contributed by atoms with van der Waals surface area (Å²) in [6.07, 6.45) is -2.47. The molecule has 14 heavy (non-hydrogen) atoms. The Hall–Kier alpha value is -0.290. The van der Waals surface area contributed by atoms with Gasteiger partial charge in [0.15, 0.2) is 0 Å². The molecule has 0 aromatic carbocycles. The van der Waals surface area contributed by atoms with E-state index in [9.17, 15) is 13.2 Å². The lowest BCUT2D eigenvalue weighted by molar-refractivity contribution is -0.172. The van der Waals surface area contributed by atoms with E-state index in [4.69, 9.17) is 5.73 Å². The molecular weight excluding hydrogens is 193 g/mol. The normalized spacial score (nSPS) is 39.9. The highest BCUT2D eigenvalue weighted by Gasteiger charge is 2.48. The Morgan fingerprint density at radius 1 is 1.21 bits per heavy atom.